The zero-order chi connectivity index (χ0) is 11.5. The standard InChI is InChI=1S/C11H10N2O3/c1-7(14)12-13-11(15)10-6-8-4-2-3-5-9(8)16-10/h2-6H,1H3,(H,12,14)(H,13,15). The van der Waals surface area contributed by atoms with Crippen LogP contribution in [-0.4, -0.2) is 11.8 Å². The molecule has 0 unspecified atom stereocenters. The predicted octanol–water partition coefficient (Wildman–Crippen LogP) is 1.21. The van der Waals surface area contributed by atoms with Gasteiger partial charge >= 0.3 is 5.91 Å². The van der Waals surface area contributed by atoms with Gasteiger partial charge in [-0.15, -0.1) is 0 Å². The number of hydrogen-bond acceptors (Lipinski definition) is 3. The minimum absolute atomic E-state index is 0.162. The van der Waals surface area contributed by atoms with Gasteiger partial charge in [-0.05, 0) is 12.1 Å². The van der Waals surface area contributed by atoms with Crippen molar-refractivity contribution >= 4 is 22.8 Å². The maximum Gasteiger partial charge on any atom is 0.305 e. The van der Waals surface area contributed by atoms with Crippen LogP contribution in [0.5, 0.6) is 0 Å². The predicted molar refractivity (Wildman–Crippen MR) is 57.5 cm³/mol. The zero-order valence-electron chi connectivity index (χ0n) is 8.61. The average molecular weight is 218 g/mol. The molecule has 0 radical (unpaired) electrons. The van der Waals surface area contributed by atoms with Crippen molar-refractivity contribution in [2.75, 3.05) is 0 Å². The van der Waals surface area contributed by atoms with Gasteiger partial charge in [-0.1, -0.05) is 18.2 Å². The van der Waals surface area contributed by atoms with Crippen molar-refractivity contribution in [3.05, 3.63) is 36.1 Å². The summed E-state index contributed by atoms with van der Waals surface area (Å²) in [6.45, 7) is 1.30. The van der Waals surface area contributed by atoms with E-state index in [1.807, 2.05) is 18.2 Å². The lowest BCUT2D eigenvalue weighted by molar-refractivity contribution is -0.119. The molecule has 1 aromatic heterocycles. The van der Waals surface area contributed by atoms with Crippen LogP contribution in [-0.2, 0) is 4.79 Å². The molecule has 1 heterocycles. The molecule has 2 aromatic rings. The van der Waals surface area contributed by atoms with Gasteiger partial charge in [-0.2, -0.15) is 0 Å². The topological polar surface area (TPSA) is 71.3 Å². The van der Waals surface area contributed by atoms with Crippen LogP contribution in [0.25, 0.3) is 11.0 Å². The van der Waals surface area contributed by atoms with E-state index in [9.17, 15) is 9.59 Å². The van der Waals surface area contributed by atoms with Gasteiger partial charge in [-0.3, -0.25) is 20.4 Å². The third-order valence-electron chi connectivity index (χ3n) is 2.00. The maximum absolute atomic E-state index is 11.5. The molecule has 0 aliphatic heterocycles. The first-order valence-electron chi connectivity index (χ1n) is 4.72. The van der Waals surface area contributed by atoms with Crippen LogP contribution < -0.4 is 10.9 Å². The molecule has 0 aliphatic rings. The van der Waals surface area contributed by atoms with Crippen LogP contribution >= 0.6 is 0 Å². The lowest BCUT2D eigenvalue weighted by Gasteiger charge is -2.01. The number of para-hydroxylation sites is 1. The first kappa shape index (κ1) is 10.2. The number of hydrazine groups is 1. The Morgan fingerprint density at radius 3 is 2.62 bits per heavy atom. The Hall–Kier alpha value is -2.30. The van der Waals surface area contributed by atoms with Gasteiger partial charge in [0.25, 0.3) is 0 Å². The molecule has 0 saturated carbocycles. The third-order valence-corrected chi connectivity index (χ3v) is 2.00. The number of carbonyl (C=O) groups is 2. The second-order valence-electron chi connectivity index (χ2n) is 3.28. The van der Waals surface area contributed by atoms with Crippen molar-refractivity contribution in [2.24, 2.45) is 0 Å². The molecule has 0 spiro atoms. The number of amides is 2. The Kier molecular flexibility index (Phi) is 2.59. The molecular weight excluding hydrogens is 208 g/mol. The van der Waals surface area contributed by atoms with Crippen LogP contribution in [0.1, 0.15) is 17.5 Å². The SMILES string of the molecule is CC(=O)NNC(=O)c1cc2ccccc2o1. The molecule has 2 rings (SSSR count). The minimum Gasteiger partial charge on any atom is -0.451 e. The fourth-order valence-electron chi connectivity index (χ4n) is 1.30. The van der Waals surface area contributed by atoms with E-state index in [0.29, 0.717) is 5.58 Å². The molecule has 5 heteroatoms. The second kappa shape index (κ2) is 4.06. The molecule has 2 amide bonds. The van der Waals surface area contributed by atoms with Crippen molar-refractivity contribution in [2.45, 2.75) is 6.92 Å². The summed E-state index contributed by atoms with van der Waals surface area (Å²) >= 11 is 0. The van der Waals surface area contributed by atoms with Crippen molar-refractivity contribution in [1.82, 2.24) is 10.9 Å². The molecule has 5 nitrogen and oxygen atoms in total. The number of hydrogen-bond donors (Lipinski definition) is 2. The van der Waals surface area contributed by atoms with Crippen LogP contribution in [0.2, 0.25) is 0 Å². The van der Waals surface area contributed by atoms with Gasteiger partial charge in [0.15, 0.2) is 5.76 Å². The number of furan rings is 1. The van der Waals surface area contributed by atoms with Crippen molar-refractivity contribution in [3.8, 4) is 0 Å². The van der Waals surface area contributed by atoms with Crippen molar-refractivity contribution < 1.29 is 14.0 Å². The monoisotopic (exact) mass is 218 g/mol. The summed E-state index contributed by atoms with van der Waals surface area (Å²) < 4.78 is 5.30. The fourth-order valence-corrected chi connectivity index (χ4v) is 1.30. The summed E-state index contributed by atoms with van der Waals surface area (Å²) in [5.74, 6) is -0.661. The second-order valence-corrected chi connectivity index (χ2v) is 3.28. The lowest BCUT2D eigenvalue weighted by Crippen LogP contribution is -2.40. The number of rotatable bonds is 1. The lowest BCUT2D eigenvalue weighted by atomic mass is 10.2. The molecular formula is C11H10N2O3. The van der Waals surface area contributed by atoms with Gasteiger partial charge in [-0.25, -0.2) is 0 Å². The summed E-state index contributed by atoms with van der Waals surface area (Å²) in [6, 6.07) is 8.90. The van der Waals surface area contributed by atoms with E-state index in [-0.39, 0.29) is 11.7 Å². The van der Waals surface area contributed by atoms with Gasteiger partial charge in [0.05, 0.1) is 0 Å². The fraction of sp³-hybridized carbons (Fsp3) is 0.0909. The summed E-state index contributed by atoms with van der Waals surface area (Å²) in [4.78, 5) is 22.1. The van der Waals surface area contributed by atoms with E-state index in [0.717, 1.165) is 5.39 Å². The van der Waals surface area contributed by atoms with E-state index in [2.05, 4.69) is 10.9 Å². The molecule has 82 valence electrons. The molecule has 16 heavy (non-hydrogen) atoms. The summed E-state index contributed by atoms with van der Waals surface area (Å²) in [5.41, 5.74) is 5.05. The van der Waals surface area contributed by atoms with Gasteiger partial charge in [0.2, 0.25) is 5.91 Å². The molecule has 0 saturated heterocycles. The van der Waals surface area contributed by atoms with Gasteiger partial charge < -0.3 is 4.42 Å². The minimum atomic E-state index is -0.480. The van der Waals surface area contributed by atoms with E-state index in [1.54, 1.807) is 12.1 Å². The van der Waals surface area contributed by atoms with E-state index >= 15 is 0 Å². The van der Waals surface area contributed by atoms with Crippen LogP contribution in [0.15, 0.2) is 34.7 Å². The molecule has 2 N–H and O–H groups in total. The van der Waals surface area contributed by atoms with Crippen LogP contribution in [0, 0.1) is 0 Å². The van der Waals surface area contributed by atoms with Crippen molar-refractivity contribution in [3.63, 3.8) is 0 Å². The molecule has 0 bridgehead atoms. The number of carbonyl (C=O) groups excluding carboxylic acids is 2. The molecule has 0 atom stereocenters. The van der Waals surface area contributed by atoms with Gasteiger partial charge in [0.1, 0.15) is 5.58 Å². The Morgan fingerprint density at radius 1 is 1.19 bits per heavy atom. The van der Waals surface area contributed by atoms with Crippen molar-refractivity contribution in [1.29, 1.82) is 0 Å². The largest absolute Gasteiger partial charge is 0.451 e. The normalized spacial score (nSPS) is 10.1. The third kappa shape index (κ3) is 2.03. The molecule has 0 aliphatic carbocycles. The highest BCUT2D eigenvalue weighted by Crippen LogP contribution is 2.18. The zero-order valence-corrected chi connectivity index (χ0v) is 8.61. The first-order chi connectivity index (χ1) is 7.66. The summed E-state index contributed by atoms with van der Waals surface area (Å²) in [6.07, 6.45) is 0. The van der Waals surface area contributed by atoms with Crippen LogP contribution in [0.4, 0.5) is 0 Å². The highest BCUT2D eigenvalue weighted by molar-refractivity contribution is 5.96. The summed E-state index contributed by atoms with van der Waals surface area (Å²) in [5, 5.41) is 0.843. The van der Waals surface area contributed by atoms with Gasteiger partial charge in [0, 0.05) is 12.3 Å². The maximum atomic E-state index is 11.5. The number of benzene rings is 1. The number of fused-ring (bicyclic) bond motifs is 1. The smallest absolute Gasteiger partial charge is 0.305 e. The average Bonchev–Trinajstić information content (AvgIpc) is 2.69. The molecule has 0 fully saturated rings. The number of nitrogens with one attached hydrogen (secondary N) is 2. The summed E-state index contributed by atoms with van der Waals surface area (Å²) in [7, 11) is 0. The first-order valence-corrected chi connectivity index (χ1v) is 4.72. The van der Waals surface area contributed by atoms with E-state index < -0.39 is 5.91 Å². The Bertz CT molecular complexity index is 512. The Balaban J connectivity index is 2.20. The van der Waals surface area contributed by atoms with E-state index in [1.165, 1.54) is 6.92 Å². The Morgan fingerprint density at radius 2 is 1.94 bits per heavy atom. The highest BCUT2D eigenvalue weighted by atomic mass is 16.3. The Labute approximate surface area is 91.4 Å². The van der Waals surface area contributed by atoms with E-state index in [4.69, 9.17) is 4.42 Å². The van der Waals surface area contributed by atoms with Crippen LogP contribution in [0.3, 0.4) is 0 Å². The molecule has 1 aromatic carbocycles. The quantitative estimate of drug-likeness (QED) is 0.707. The highest BCUT2D eigenvalue weighted by Gasteiger charge is 2.11.